The lowest BCUT2D eigenvalue weighted by molar-refractivity contribution is 0.0495. The van der Waals surface area contributed by atoms with Crippen LogP contribution >= 0.6 is 11.3 Å². The van der Waals surface area contributed by atoms with E-state index in [9.17, 15) is 13.2 Å². The van der Waals surface area contributed by atoms with Crippen molar-refractivity contribution in [1.29, 1.82) is 0 Å². The number of unbranched alkanes of at least 4 members (excludes halogenated alkanes) is 1. The van der Waals surface area contributed by atoms with Crippen molar-refractivity contribution in [3.63, 3.8) is 0 Å². The van der Waals surface area contributed by atoms with E-state index >= 15 is 0 Å². The van der Waals surface area contributed by atoms with Gasteiger partial charge in [0.15, 0.2) is 0 Å². The van der Waals surface area contributed by atoms with Crippen molar-refractivity contribution < 1.29 is 17.9 Å². The second kappa shape index (κ2) is 9.54. The molecule has 1 N–H and O–H groups in total. The van der Waals surface area contributed by atoms with E-state index in [1.807, 2.05) is 17.5 Å². The van der Waals surface area contributed by atoms with Crippen molar-refractivity contribution in [2.45, 2.75) is 58.2 Å². The molecular weight excluding hydrogens is 360 g/mol. The standard InChI is InChI=1S/C17H29N2O4S2/c1-6-7-9-14(18-16(20)23-17(2,3)4)12-19(25(5,21)22)13-15-10-8-11-24-15/h8,10-11,14H,1,6-7,9,12-13H2,2-5H3,(H,18,20)/t14-/m0/s1. The number of alkyl carbamates (subject to hydrolysis) is 1. The average Bonchev–Trinajstić information content (AvgIpc) is 2.93. The number of carbonyl (C=O) groups is 1. The van der Waals surface area contributed by atoms with Crippen LogP contribution in [0.4, 0.5) is 4.79 Å². The van der Waals surface area contributed by atoms with Crippen molar-refractivity contribution in [3.8, 4) is 0 Å². The van der Waals surface area contributed by atoms with Gasteiger partial charge in [-0.1, -0.05) is 25.8 Å². The van der Waals surface area contributed by atoms with Gasteiger partial charge in [0.2, 0.25) is 10.0 Å². The van der Waals surface area contributed by atoms with Crippen LogP contribution in [0, 0.1) is 6.92 Å². The lowest BCUT2D eigenvalue weighted by Crippen LogP contribution is -2.46. The third-order valence-electron chi connectivity index (χ3n) is 3.33. The Morgan fingerprint density at radius 2 is 2.12 bits per heavy atom. The lowest BCUT2D eigenvalue weighted by Gasteiger charge is -2.27. The highest BCUT2D eigenvalue weighted by atomic mass is 32.2. The molecule has 6 nitrogen and oxygen atoms in total. The molecule has 1 radical (unpaired) electrons. The highest BCUT2D eigenvalue weighted by molar-refractivity contribution is 7.88. The lowest BCUT2D eigenvalue weighted by atomic mass is 10.1. The number of hydrogen-bond donors (Lipinski definition) is 1. The van der Waals surface area contributed by atoms with Crippen LogP contribution in [0.3, 0.4) is 0 Å². The highest BCUT2D eigenvalue weighted by Gasteiger charge is 2.25. The summed E-state index contributed by atoms with van der Waals surface area (Å²) in [5.41, 5.74) is -0.603. The number of sulfonamides is 1. The summed E-state index contributed by atoms with van der Waals surface area (Å²) < 4.78 is 31.0. The summed E-state index contributed by atoms with van der Waals surface area (Å²) in [4.78, 5) is 13.0. The van der Waals surface area contributed by atoms with Gasteiger partial charge in [-0.3, -0.25) is 0 Å². The van der Waals surface area contributed by atoms with Crippen molar-refractivity contribution >= 4 is 27.5 Å². The molecule has 1 aromatic rings. The number of nitrogens with one attached hydrogen (secondary N) is 1. The zero-order valence-corrected chi connectivity index (χ0v) is 17.1. The van der Waals surface area contributed by atoms with Crippen molar-refractivity contribution in [3.05, 3.63) is 29.3 Å². The molecule has 143 valence electrons. The zero-order valence-electron chi connectivity index (χ0n) is 15.4. The van der Waals surface area contributed by atoms with Gasteiger partial charge in [0.25, 0.3) is 0 Å². The Kier molecular flexibility index (Phi) is 8.37. The van der Waals surface area contributed by atoms with E-state index < -0.39 is 21.7 Å². The van der Waals surface area contributed by atoms with Gasteiger partial charge in [0.05, 0.1) is 6.26 Å². The molecule has 0 saturated carbocycles. The summed E-state index contributed by atoms with van der Waals surface area (Å²) in [6, 6.07) is 3.46. The number of nitrogens with zero attached hydrogens (tertiary/aromatic N) is 1. The number of thiophene rings is 1. The van der Waals surface area contributed by atoms with Crippen LogP contribution in [-0.2, 0) is 21.3 Å². The molecular formula is C17H29N2O4S2. The molecule has 0 saturated heterocycles. The molecule has 1 amide bonds. The van der Waals surface area contributed by atoms with E-state index in [-0.39, 0.29) is 12.6 Å². The minimum absolute atomic E-state index is 0.204. The predicted molar refractivity (Wildman–Crippen MR) is 102 cm³/mol. The van der Waals surface area contributed by atoms with Crippen LogP contribution < -0.4 is 5.32 Å². The molecule has 1 atom stereocenters. The van der Waals surface area contributed by atoms with E-state index in [2.05, 4.69) is 12.2 Å². The summed E-state index contributed by atoms with van der Waals surface area (Å²) >= 11 is 1.51. The third kappa shape index (κ3) is 9.23. The molecule has 1 heterocycles. The molecule has 0 aliphatic heterocycles. The summed E-state index contributed by atoms with van der Waals surface area (Å²) in [7, 11) is -3.40. The fourth-order valence-electron chi connectivity index (χ4n) is 2.21. The van der Waals surface area contributed by atoms with Gasteiger partial charge in [-0.25, -0.2) is 13.2 Å². The quantitative estimate of drug-likeness (QED) is 0.702. The first kappa shape index (κ1) is 21.9. The fraction of sp³-hybridized carbons (Fsp3) is 0.647. The number of ether oxygens (including phenoxy) is 1. The average molecular weight is 390 g/mol. The summed E-state index contributed by atoms with van der Waals surface area (Å²) in [5.74, 6) is 0. The Morgan fingerprint density at radius 1 is 1.44 bits per heavy atom. The van der Waals surface area contributed by atoms with Gasteiger partial charge in [-0.05, 0) is 38.6 Å². The van der Waals surface area contributed by atoms with Crippen LogP contribution in [0.1, 0.15) is 44.9 Å². The Balaban J connectivity index is 2.82. The Labute approximate surface area is 155 Å². The van der Waals surface area contributed by atoms with E-state index in [1.54, 1.807) is 20.8 Å². The second-order valence-corrected chi connectivity index (χ2v) is 9.99. The summed E-state index contributed by atoms with van der Waals surface area (Å²) in [5, 5.41) is 4.71. The first-order valence-electron chi connectivity index (χ1n) is 8.27. The van der Waals surface area contributed by atoms with Gasteiger partial charge in [0, 0.05) is 24.0 Å². The van der Waals surface area contributed by atoms with Crippen LogP contribution in [0.2, 0.25) is 0 Å². The number of hydrogen-bond acceptors (Lipinski definition) is 5. The van der Waals surface area contributed by atoms with E-state index in [0.29, 0.717) is 13.0 Å². The maximum absolute atomic E-state index is 12.2. The highest BCUT2D eigenvalue weighted by Crippen LogP contribution is 2.16. The maximum Gasteiger partial charge on any atom is 0.407 e. The van der Waals surface area contributed by atoms with Gasteiger partial charge in [-0.15, -0.1) is 11.3 Å². The van der Waals surface area contributed by atoms with E-state index in [4.69, 9.17) is 4.74 Å². The minimum Gasteiger partial charge on any atom is -0.444 e. The van der Waals surface area contributed by atoms with Crippen LogP contribution in [0.25, 0.3) is 0 Å². The molecule has 1 aromatic heterocycles. The molecule has 0 bridgehead atoms. The Hall–Kier alpha value is -1.12. The van der Waals surface area contributed by atoms with E-state index in [0.717, 1.165) is 17.7 Å². The van der Waals surface area contributed by atoms with Gasteiger partial charge in [-0.2, -0.15) is 4.31 Å². The largest absolute Gasteiger partial charge is 0.444 e. The van der Waals surface area contributed by atoms with Crippen LogP contribution in [0.15, 0.2) is 17.5 Å². The third-order valence-corrected chi connectivity index (χ3v) is 5.41. The van der Waals surface area contributed by atoms with Gasteiger partial charge < -0.3 is 10.1 Å². The monoisotopic (exact) mass is 389 g/mol. The number of rotatable bonds is 9. The SMILES string of the molecule is [CH2]CCC[C@@H](CN(Cc1cccs1)S(C)(=O)=O)NC(=O)OC(C)(C)C. The maximum atomic E-state index is 12.2. The molecule has 0 aromatic carbocycles. The molecule has 0 spiro atoms. The molecule has 25 heavy (non-hydrogen) atoms. The van der Waals surface area contributed by atoms with Crippen molar-refractivity contribution in [2.75, 3.05) is 12.8 Å². The van der Waals surface area contributed by atoms with Crippen LogP contribution in [0.5, 0.6) is 0 Å². The predicted octanol–water partition coefficient (Wildman–Crippen LogP) is 3.41. The second-order valence-electron chi connectivity index (χ2n) is 6.97. The van der Waals surface area contributed by atoms with Gasteiger partial charge in [0.1, 0.15) is 5.60 Å². The summed E-state index contributed by atoms with van der Waals surface area (Å²) in [6.07, 6.45) is 2.80. The Bertz CT molecular complexity index is 622. The first-order chi connectivity index (χ1) is 11.5. The van der Waals surface area contributed by atoms with Crippen molar-refractivity contribution in [2.24, 2.45) is 0 Å². The number of carbonyl (C=O) groups excluding carboxylic acids is 1. The molecule has 0 aliphatic rings. The molecule has 0 aliphatic carbocycles. The normalized spacial score (nSPS) is 13.7. The van der Waals surface area contributed by atoms with Gasteiger partial charge >= 0.3 is 6.09 Å². The molecule has 8 heteroatoms. The Morgan fingerprint density at radius 3 is 2.60 bits per heavy atom. The zero-order chi connectivity index (χ0) is 19.1. The minimum atomic E-state index is -3.40. The molecule has 1 rings (SSSR count). The molecule has 0 unspecified atom stereocenters. The number of amides is 1. The molecule has 0 fully saturated rings. The first-order valence-corrected chi connectivity index (χ1v) is 11.0. The fourth-order valence-corrected chi connectivity index (χ4v) is 3.84. The topological polar surface area (TPSA) is 75.7 Å². The van der Waals surface area contributed by atoms with E-state index in [1.165, 1.54) is 21.9 Å². The van der Waals surface area contributed by atoms with Crippen molar-refractivity contribution in [1.82, 2.24) is 9.62 Å². The smallest absolute Gasteiger partial charge is 0.407 e. The summed E-state index contributed by atoms with van der Waals surface area (Å²) in [6.45, 7) is 9.68. The van der Waals surface area contributed by atoms with Crippen LogP contribution in [-0.4, -0.2) is 43.3 Å².